The standard InChI is InChI=1S/C20H24N2O3/c1-3-20(25,4-2)14-21-18(23)19(24)22-17-12-10-16(11-13-17)15-8-6-5-7-9-15/h5-13,25H,3-4,14H2,1-2H3,(H,21,23)(H,22,24). The van der Waals surface area contributed by atoms with E-state index in [4.69, 9.17) is 0 Å². The van der Waals surface area contributed by atoms with Crippen molar-refractivity contribution < 1.29 is 14.7 Å². The molecular formula is C20H24N2O3. The van der Waals surface area contributed by atoms with Crippen molar-refractivity contribution >= 4 is 17.5 Å². The number of hydrogen-bond acceptors (Lipinski definition) is 3. The third kappa shape index (κ3) is 5.16. The minimum atomic E-state index is -0.979. The van der Waals surface area contributed by atoms with E-state index in [0.29, 0.717) is 18.5 Å². The van der Waals surface area contributed by atoms with E-state index in [-0.39, 0.29) is 6.54 Å². The SMILES string of the molecule is CCC(O)(CC)CNC(=O)C(=O)Nc1ccc(-c2ccccc2)cc1. The van der Waals surface area contributed by atoms with Gasteiger partial charge in [-0.25, -0.2) is 0 Å². The van der Waals surface area contributed by atoms with Crippen LogP contribution < -0.4 is 10.6 Å². The van der Waals surface area contributed by atoms with Gasteiger partial charge in [0.2, 0.25) is 0 Å². The maximum absolute atomic E-state index is 12.0. The molecule has 0 saturated heterocycles. The van der Waals surface area contributed by atoms with Crippen LogP contribution in [-0.2, 0) is 9.59 Å². The molecule has 2 aromatic rings. The lowest BCUT2D eigenvalue weighted by atomic mass is 9.98. The number of rotatable bonds is 6. The molecule has 0 heterocycles. The highest BCUT2D eigenvalue weighted by atomic mass is 16.3. The van der Waals surface area contributed by atoms with Crippen LogP contribution in [-0.4, -0.2) is 29.1 Å². The molecule has 0 unspecified atom stereocenters. The summed E-state index contributed by atoms with van der Waals surface area (Å²) in [5, 5.41) is 15.2. The average Bonchev–Trinajstić information content (AvgIpc) is 2.67. The van der Waals surface area contributed by atoms with Crippen molar-refractivity contribution in [3.8, 4) is 11.1 Å². The van der Waals surface area contributed by atoms with E-state index in [1.54, 1.807) is 12.1 Å². The van der Waals surface area contributed by atoms with Gasteiger partial charge in [-0.2, -0.15) is 0 Å². The van der Waals surface area contributed by atoms with Crippen LogP contribution in [0, 0.1) is 0 Å². The van der Waals surface area contributed by atoms with E-state index in [2.05, 4.69) is 10.6 Å². The number of carbonyl (C=O) groups excluding carboxylic acids is 2. The number of anilines is 1. The summed E-state index contributed by atoms with van der Waals surface area (Å²) in [5.41, 5.74) is 1.67. The van der Waals surface area contributed by atoms with Crippen molar-refractivity contribution in [1.82, 2.24) is 5.32 Å². The van der Waals surface area contributed by atoms with Crippen molar-refractivity contribution in [2.45, 2.75) is 32.3 Å². The number of carbonyl (C=O) groups is 2. The Bertz CT molecular complexity index is 707. The lowest BCUT2D eigenvalue weighted by molar-refractivity contribution is -0.136. The van der Waals surface area contributed by atoms with Crippen LogP contribution in [0.1, 0.15) is 26.7 Å². The first-order valence-electron chi connectivity index (χ1n) is 8.44. The fraction of sp³-hybridized carbons (Fsp3) is 0.300. The Kier molecular flexibility index (Phi) is 6.31. The van der Waals surface area contributed by atoms with Crippen LogP contribution in [0.5, 0.6) is 0 Å². The summed E-state index contributed by atoms with van der Waals surface area (Å²) in [6.07, 6.45) is 1.01. The normalized spacial score (nSPS) is 11.0. The van der Waals surface area contributed by atoms with Crippen LogP contribution in [0.15, 0.2) is 54.6 Å². The second-order valence-corrected chi connectivity index (χ2v) is 6.01. The molecule has 0 aliphatic heterocycles. The Hall–Kier alpha value is -2.66. The second-order valence-electron chi connectivity index (χ2n) is 6.01. The predicted octanol–water partition coefficient (Wildman–Crippen LogP) is 2.96. The molecule has 0 fully saturated rings. The van der Waals surface area contributed by atoms with Gasteiger partial charge in [-0.05, 0) is 36.1 Å². The molecule has 2 aromatic carbocycles. The predicted molar refractivity (Wildman–Crippen MR) is 99.0 cm³/mol. The van der Waals surface area contributed by atoms with Crippen molar-refractivity contribution in [2.75, 3.05) is 11.9 Å². The van der Waals surface area contributed by atoms with Crippen molar-refractivity contribution in [1.29, 1.82) is 0 Å². The van der Waals surface area contributed by atoms with Gasteiger partial charge in [0.15, 0.2) is 0 Å². The van der Waals surface area contributed by atoms with Crippen LogP contribution in [0.25, 0.3) is 11.1 Å². The number of aliphatic hydroxyl groups is 1. The maximum atomic E-state index is 12.0. The van der Waals surface area contributed by atoms with E-state index in [9.17, 15) is 14.7 Å². The van der Waals surface area contributed by atoms with Gasteiger partial charge in [0.25, 0.3) is 0 Å². The molecule has 25 heavy (non-hydrogen) atoms. The highest BCUT2D eigenvalue weighted by molar-refractivity contribution is 6.39. The van der Waals surface area contributed by atoms with Gasteiger partial charge < -0.3 is 15.7 Å². The van der Waals surface area contributed by atoms with Gasteiger partial charge in [-0.15, -0.1) is 0 Å². The van der Waals surface area contributed by atoms with Gasteiger partial charge in [0, 0.05) is 12.2 Å². The molecule has 0 spiro atoms. The van der Waals surface area contributed by atoms with Gasteiger partial charge >= 0.3 is 11.8 Å². The number of benzene rings is 2. The minimum absolute atomic E-state index is 0.0548. The molecular weight excluding hydrogens is 316 g/mol. The molecule has 132 valence electrons. The molecule has 0 aromatic heterocycles. The summed E-state index contributed by atoms with van der Waals surface area (Å²) >= 11 is 0. The van der Waals surface area contributed by atoms with Crippen LogP contribution in [0.2, 0.25) is 0 Å². The zero-order valence-electron chi connectivity index (χ0n) is 14.6. The summed E-state index contributed by atoms with van der Waals surface area (Å²) in [6, 6.07) is 17.2. The fourth-order valence-electron chi connectivity index (χ4n) is 2.39. The molecule has 2 amide bonds. The molecule has 5 nitrogen and oxygen atoms in total. The third-order valence-corrected chi connectivity index (χ3v) is 4.35. The van der Waals surface area contributed by atoms with Crippen molar-refractivity contribution in [3.05, 3.63) is 54.6 Å². The molecule has 5 heteroatoms. The molecule has 0 aliphatic carbocycles. The molecule has 0 atom stereocenters. The van der Waals surface area contributed by atoms with Gasteiger partial charge in [-0.3, -0.25) is 9.59 Å². The van der Waals surface area contributed by atoms with Crippen LogP contribution in [0.4, 0.5) is 5.69 Å². The van der Waals surface area contributed by atoms with Crippen molar-refractivity contribution in [2.24, 2.45) is 0 Å². The summed E-state index contributed by atoms with van der Waals surface area (Å²) in [7, 11) is 0. The largest absolute Gasteiger partial charge is 0.388 e. The Balaban J connectivity index is 1.93. The summed E-state index contributed by atoms with van der Waals surface area (Å²) in [4.78, 5) is 23.8. The molecule has 0 bridgehead atoms. The highest BCUT2D eigenvalue weighted by Crippen LogP contribution is 2.21. The van der Waals surface area contributed by atoms with E-state index < -0.39 is 17.4 Å². The molecule has 3 N–H and O–H groups in total. The van der Waals surface area contributed by atoms with Crippen molar-refractivity contribution in [3.63, 3.8) is 0 Å². The van der Waals surface area contributed by atoms with E-state index >= 15 is 0 Å². The Morgan fingerprint density at radius 2 is 1.44 bits per heavy atom. The molecule has 0 aliphatic rings. The van der Waals surface area contributed by atoms with Gasteiger partial charge in [0.05, 0.1) is 5.60 Å². The summed E-state index contributed by atoms with van der Waals surface area (Å²) in [5.74, 6) is -1.51. The second kappa shape index (κ2) is 8.44. The van der Waals surface area contributed by atoms with E-state index in [0.717, 1.165) is 11.1 Å². The third-order valence-electron chi connectivity index (χ3n) is 4.35. The maximum Gasteiger partial charge on any atom is 0.313 e. The molecule has 2 rings (SSSR count). The first kappa shape index (κ1) is 18.7. The fourth-order valence-corrected chi connectivity index (χ4v) is 2.39. The smallest absolute Gasteiger partial charge is 0.313 e. The average molecular weight is 340 g/mol. The Morgan fingerprint density at radius 3 is 2.00 bits per heavy atom. The quantitative estimate of drug-likeness (QED) is 0.708. The van der Waals surface area contributed by atoms with Crippen LogP contribution in [0.3, 0.4) is 0 Å². The topological polar surface area (TPSA) is 78.4 Å². The number of hydrogen-bond donors (Lipinski definition) is 3. The van der Waals surface area contributed by atoms with Gasteiger partial charge in [-0.1, -0.05) is 56.3 Å². The monoisotopic (exact) mass is 340 g/mol. The zero-order chi connectivity index (χ0) is 18.3. The Labute approximate surface area is 148 Å². The first-order valence-corrected chi connectivity index (χ1v) is 8.44. The number of amides is 2. The Morgan fingerprint density at radius 1 is 0.880 bits per heavy atom. The molecule has 0 radical (unpaired) electrons. The molecule has 0 saturated carbocycles. The zero-order valence-corrected chi connectivity index (χ0v) is 14.6. The van der Waals surface area contributed by atoms with E-state index in [1.165, 1.54) is 0 Å². The number of nitrogens with one attached hydrogen (secondary N) is 2. The van der Waals surface area contributed by atoms with Crippen LogP contribution >= 0.6 is 0 Å². The lowest BCUT2D eigenvalue weighted by Gasteiger charge is -2.25. The highest BCUT2D eigenvalue weighted by Gasteiger charge is 2.24. The van der Waals surface area contributed by atoms with Gasteiger partial charge in [0.1, 0.15) is 0 Å². The van der Waals surface area contributed by atoms with E-state index in [1.807, 2.05) is 56.3 Å². The lowest BCUT2D eigenvalue weighted by Crippen LogP contribution is -2.45. The minimum Gasteiger partial charge on any atom is -0.388 e. The summed E-state index contributed by atoms with van der Waals surface area (Å²) < 4.78 is 0. The first-order chi connectivity index (χ1) is 12.0. The summed E-state index contributed by atoms with van der Waals surface area (Å²) in [6.45, 7) is 3.73.